The summed E-state index contributed by atoms with van der Waals surface area (Å²) in [7, 11) is 0. The van der Waals surface area contributed by atoms with Crippen LogP contribution in [0, 0.1) is 17.8 Å². The Morgan fingerprint density at radius 1 is 1.19 bits per heavy atom. The molecule has 0 spiro atoms. The first-order chi connectivity index (χ1) is 10.1. The summed E-state index contributed by atoms with van der Waals surface area (Å²) >= 11 is 0. The molecule has 0 amide bonds. The van der Waals surface area contributed by atoms with Gasteiger partial charge in [-0.25, -0.2) is 4.79 Å². The van der Waals surface area contributed by atoms with Gasteiger partial charge in [0.15, 0.2) is 0 Å². The number of nitrogens with one attached hydrogen (secondary N) is 2. The van der Waals surface area contributed by atoms with Crippen molar-refractivity contribution in [2.24, 2.45) is 17.8 Å². The highest BCUT2D eigenvalue weighted by Gasteiger charge is 2.55. The van der Waals surface area contributed by atoms with E-state index in [-0.39, 0.29) is 5.69 Å². The molecule has 3 N–H and O–H groups in total. The van der Waals surface area contributed by atoms with Crippen LogP contribution in [0.2, 0.25) is 0 Å². The van der Waals surface area contributed by atoms with E-state index in [4.69, 9.17) is 0 Å². The molecule has 2 aromatic rings. The normalized spacial score (nSPS) is 41.0. The lowest BCUT2D eigenvalue weighted by molar-refractivity contribution is -0.135. The average molecular weight is 285 g/mol. The SMILES string of the molecule is O=c1[nH]c2ccnc(C3C4CC5CC3CC(O)(C5)C4)c2[nH]1. The lowest BCUT2D eigenvalue weighted by Crippen LogP contribution is -2.53. The minimum atomic E-state index is -0.424. The molecule has 4 aliphatic carbocycles. The number of aromatic nitrogens is 3. The molecule has 5 nitrogen and oxygen atoms in total. The molecular weight excluding hydrogens is 266 g/mol. The van der Waals surface area contributed by atoms with E-state index in [1.54, 1.807) is 6.20 Å². The molecule has 2 unspecified atom stereocenters. The van der Waals surface area contributed by atoms with E-state index in [9.17, 15) is 9.90 Å². The Morgan fingerprint density at radius 2 is 1.95 bits per heavy atom. The van der Waals surface area contributed by atoms with Gasteiger partial charge in [-0.3, -0.25) is 4.98 Å². The third-order valence-corrected chi connectivity index (χ3v) is 6.02. The molecule has 110 valence electrons. The number of aliphatic hydroxyl groups is 1. The number of imidazole rings is 1. The van der Waals surface area contributed by atoms with Crippen molar-refractivity contribution in [3.8, 4) is 0 Å². The molecular formula is C16H19N3O2. The standard InChI is InChI=1S/C16H19N3O2/c20-15-18-11-1-2-17-14(13(11)19-15)12-9-3-8-4-10(12)7-16(21,5-8)6-9/h1-2,8-10,12,21H,3-7H2,(H2,18,19,20). The van der Waals surface area contributed by atoms with Crippen molar-refractivity contribution in [2.45, 2.75) is 43.6 Å². The van der Waals surface area contributed by atoms with Crippen LogP contribution in [0.5, 0.6) is 0 Å². The van der Waals surface area contributed by atoms with Gasteiger partial charge in [-0.05, 0) is 55.9 Å². The topological polar surface area (TPSA) is 81.8 Å². The van der Waals surface area contributed by atoms with Gasteiger partial charge in [-0.2, -0.15) is 0 Å². The third-order valence-electron chi connectivity index (χ3n) is 6.02. The number of rotatable bonds is 1. The quantitative estimate of drug-likeness (QED) is 0.748. The van der Waals surface area contributed by atoms with Gasteiger partial charge in [0.05, 0.1) is 22.3 Å². The fourth-order valence-corrected chi connectivity index (χ4v) is 5.66. The van der Waals surface area contributed by atoms with Crippen molar-refractivity contribution in [1.29, 1.82) is 0 Å². The lowest BCUT2D eigenvalue weighted by atomic mass is 9.49. The Kier molecular flexibility index (Phi) is 2.15. The summed E-state index contributed by atoms with van der Waals surface area (Å²) in [6.07, 6.45) is 6.99. The Bertz CT molecular complexity index is 761. The number of H-pyrrole nitrogens is 2. The summed E-state index contributed by atoms with van der Waals surface area (Å²) in [6.45, 7) is 0. The second-order valence-corrected chi connectivity index (χ2v) is 7.42. The molecule has 4 saturated carbocycles. The van der Waals surface area contributed by atoms with Crippen molar-refractivity contribution in [3.63, 3.8) is 0 Å². The monoisotopic (exact) mass is 285 g/mol. The summed E-state index contributed by atoms with van der Waals surface area (Å²) in [4.78, 5) is 22.0. The van der Waals surface area contributed by atoms with E-state index < -0.39 is 5.60 Å². The van der Waals surface area contributed by atoms with Crippen LogP contribution in [0.4, 0.5) is 0 Å². The van der Waals surface area contributed by atoms with Gasteiger partial charge in [0.2, 0.25) is 0 Å². The van der Waals surface area contributed by atoms with E-state index in [2.05, 4.69) is 15.0 Å². The lowest BCUT2D eigenvalue weighted by Gasteiger charge is -2.57. The Labute approximate surface area is 121 Å². The third kappa shape index (κ3) is 1.61. The highest BCUT2D eigenvalue weighted by molar-refractivity contribution is 5.77. The molecule has 5 heteroatoms. The van der Waals surface area contributed by atoms with Crippen LogP contribution in [-0.2, 0) is 0 Å². The maximum absolute atomic E-state index is 11.6. The second kappa shape index (κ2) is 3.77. The van der Waals surface area contributed by atoms with Crippen LogP contribution in [-0.4, -0.2) is 25.7 Å². The van der Waals surface area contributed by atoms with E-state index in [1.165, 1.54) is 12.8 Å². The molecule has 0 aromatic carbocycles. The zero-order chi connectivity index (χ0) is 14.2. The number of hydrogen-bond donors (Lipinski definition) is 3. The zero-order valence-corrected chi connectivity index (χ0v) is 11.8. The summed E-state index contributed by atoms with van der Waals surface area (Å²) in [5, 5.41) is 10.7. The molecule has 6 rings (SSSR count). The number of aromatic amines is 2. The highest BCUT2D eigenvalue weighted by Crippen LogP contribution is 2.61. The maximum atomic E-state index is 11.6. The summed E-state index contributed by atoms with van der Waals surface area (Å²) in [5.74, 6) is 2.10. The van der Waals surface area contributed by atoms with Gasteiger partial charge in [-0.1, -0.05) is 0 Å². The van der Waals surface area contributed by atoms with Gasteiger partial charge in [-0.15, -0.1) is 0 Å². The van der Waals surface area contributed by atoms with Crippen molar-refractivity contribution < 1.29 is 5.11 Å². The number of hydrogen-bond acceptors (Lipinski definition) is 3. The van der Waals surface area contributed by atoms with Crippen LogP contribution < -0.4 is 5.69 Å². The van der Waals surface area contributed by atoms with Crippen LogP contribution >= 0.6 is 0 Å². The van der Waals surface area contributed by atoms with Crippen molar-refractivity contribution in [3.05, 3.63) is 28.4 Å². The first-order valence-corrected chi connectivity index (χ1v) is 7.91. The van der Waals surface area contributed by atoms with Crippen LogP contribution in [0.1, 0.15) is 43.7 Å². The molecule has 2 heterocycles. The van der Waals surface area contributed by atoms with Crippen molar-refractivity contribution in [1.82, 2.24) is 15.0 Å². The zero-order valence-electron chi connectivity index (χ0n) is 11.8. The molecule has 4 fully saturated rings. The number of pyridine rings is 1. The molecule has 0 aliphatic heterocycles. The Balaban J connectivity index is 1.65. The van der Waals surface area contributed by atoms with Gasteiger partial charge in [0, 0.05) is 12.1 Å². The minimum absolute atomic E-state index is 0.165. The van der Waals surface area contributed by atoms with Crippen LogP contribution in [0.3, 0.4) is 0 Å². The average Bonchev–Trinajstić information content (AvgIpc) is 2.77. The highest BCUT2D eigenvalue weighted by atomic mass is 16.3. The first-order valence-electron chi connectivity index (χ1n) is 7.91. The van der Waals surface area contributed by atoms with Gasteiger partial charge >= 0.3 is 5.69 Å². The predicted octanol–water partition coefficient (Wildman–Crippen LogP) is 1.91. The van der Waals surface area contributed by atoms with E-state index >= 15 is 0 Å². The maximum Gasteiger partial charge on any atom is 0.323 e. The van der Waals surface area contributed by atoms with Crippen molar-refractivity contribution >= 4 is 11.0 Å². The summed E-state index contributed by atoms with van der Waals surface area (Å²) in [5.41, 5.74) is 2.15. The predicted molar refractivity (Wildman–Crippen MR) is 78.0 cm³/mol. The molecule has 2 aromatic heterocycles. The first kappa shape index (κ1) is 12.0. The Hall–Kier alpha value is -1.62. The minimum Gasteiger partial charge on any atom is -0.390 e. The fourth-order valence-electron chi connectivity index (χ4n) is 5.66. The Morgan fingerprint density at radius 3 is 2.67 bits per heavy atom. The number of fused-ring (bicyclic) bond motifs is 1. The van der Waals surface area contributed by atoms with Gasteiger partial charge < -0.3 is 15.1 Å². The molecule has 21 heavy (non-hydrogen) atoms. The summed E-state index contributed by atoms with van der Waals surface area (Å²) < 4.78 is 0. The van der Waals surface area contributed by atoms with Crippen molar-refractivity contribution in [2.75, 3.05) is 0 Å². The van der Waals surface area contributed by atoms with Crippen LogP contribution in [0.15, 0.2) is 17.1 Å². The van der Waals surface area contributed by atoms with E-state index in [0.29, 0.717) is 23.7 Å². The number of nitrogens with zero attached hydrogens (tertiary/aromatic N) is 1. The van der Waals surface area contributed by atoms with E-state index in [0.717, 1.165) is 36.0 Å². The molecule has 0 saturated heterocycles. The molecule has 0 radical (unpaired) electrons. The largest absolute Gasteiger partial charge is 0.390 e. The molecule has 4 aliphatic rings. The second-order valence-electron chi connectivity index (χ2n) is 7.42. The smallest absolute Gasteiger partial charge is 0.323 e. The fraction of sp³-hybridized carbons (Fsp3) is 0.625. The molecule has 4 bridgehead atoms. The van der Waals surface area contributed by atoms with Gasteiger partial charge in [0.1, 0.15) is 0 Å². The van der Waals surface area contributed by atoms with Gasteiger partial charge in [0.25, 0.3) is 0 Å². The summed E-state index contributed by atoms with van der Waals surface area (Å²) in [6, 6.07) is 1.85. The van der Waals surface area contributed by atoms with E-state index in [1.807, 2.05) is 6.07 Å². The van der Waals surface area contributed by atoms with Crippen LogP contribution in [0.25, 0.3) is 11.0 Å². The molecule has 2 atom stereocenters.